The van der Waals surface area contributed by atoms with Crippen LogP contribution in [0.4, 0.5) is 0 Å². The molecule has 0 aliphatic heterocycles. The molecule has 1 atom stereocenters. The van der Waals surface area contributed by atoms with E-state index in [1.54, 1.807) is 24.3 Å². The molecule has 0 heterocycles. The standard InChI is InChI=1S/C22H28N2O3/c1-14(2)16-9-11-17(12-10-16)21(15(3)4)24-20(25)13-27-19-8-6-5-7-18(19)22(23)26/h5-12,14-15,21H,13H2,1-4H3,(H2,23,26)(H,24,25)/t21-/m0/s1. The average molecular weight is 368 g/mol. The fourth-order valence-electron chi connectivity index (χ4n) is 2.88. The van der Waals surface area contributed by atoms with Gasteiger partial charge in [0.05, 0.1) is 11.6 Å². The number of carbonyl (C=O) groups excluding carboxylic acids is 2. The predicted molar refractivity (Wildman–Crippen MR) is 107 cm³/mol. The molecular formula is C22H28N2O3. The van der Waals surface area contributed by atoms with Gasteiger partial charge < -0.3 is 15.8 Å². The zero-order chi connectivity index (χ0) is 20.0. The van der Waals surface area contributed by atoms with Gasteiger partial charge in [-0.1, -0.05) is 64.1 Å². The van der Waals surface area contributed by atoms with Gasteiger partial charge in [0.1, 0.15) is 5.75 Å². The molecule has 0 bridgehead atoms. The Hall–Kier alpha value is -2.82. The third-order valence-corrected chi connectivity index (χ3v) is 4.46. The molecule has 0 radical (unpaired) electrons. The molecule has 0 unspecified atom stereocenters. The number of rotatable bonds is 8. The molecule has 0 aromatic heterocycles. The summed E-state index contributed by atoms with van der Waals surface area (Å²) in [5.74, 6) is 0.154. The SMILES string of the molecule is CC(C)c1ccc([C@@H](NC(=O)COc2ccccc2C(N)=O)C(C)C)cc1. The van der Waals surface area contributed by atoms with Crippen molar-refractivity contribution in [1.29, 1.82) is 0 Å². The Labute approximate surface area is 160 Å². The van der Waals surface area contributed by atoms with Gasteiger partial charge in [-0.3, -0.25) is 9.59 Å². The minimum atomic E-state index is -0.587. The highest BCUT2D eigenvalue weighted by molar-refractivity contribution is 5.95. The predicted octanol–water partition coefficient (Wildman–Crippen LogP) is 3.80. The lowest BCUT2D eigenvalue weighted by molar-refractivity contribution is -0.124. The van der Waals surface area contributed by atoms with Crippen LogP contribution in [-0.4, -0.2) is 18.4 Å². The summed E-state index contributed by atoms with van der Waals surface area (Å²) in [4.78, 5) is 23.8. The molecule has 0 saturated carbocycles. The molecule has 2 amide bonds. The van der Waals surface area contributed by atoms with Crippen molar-refractivity contribution < 1.29 is 14.3 Å². The van der Waals surface area contributed by atoms with Crippen LogP contribution in [0.5, 0.6) is 5.75 Å². The molecule has 0 fully saturated rings. The van der Waals surface area contributed by atoms with Crippen molar-refractivity contribution in [2.24, 2.45) is 11.7 Å². The summed E-state index contributed by atoms with van der Waals surface area (Å²) >= 11 is 0. The smallest absolute Gasteiger partial charge is 0.258 e. The quantitative estimate of drug-likeness (QED) is 0.743. The molecule has 2 aromatic carbocycles. The van der Waals surface area contributed by atoms with Crippen LogP contribution in [0.3, 0.4) is 0 Å². The second-order valence-corrected chi connectivity index (χ2v) is 7.26. The highest BCUT2D eigenvalue weighted by Gasteiger charge is 2.19. The van der Waals surface area contributed by atoms with Crippen molar-refractivity contribution in [2.45, 2.75) is 39.7 Å². The van der Waals surface area contributed by atoms with E-state index in [0.29, 0.717) is 11.7 Å². The lowest BCUT2D eigenvalue weighted by Crippen LogP contribution is -2.35. The summed E-state index contributed by atoms with van der Waals surface area (Å²) in [6.45, 7) is 8.24. The van der Waals surface area contributed by atoms with E-state index in [4.69, 9.17) is 10.5 Å². The zero-order valence-electron chi connectivity index (χ0n) is 16.4. The first-order chi connectivity index (χ1) is 12.8. The Morgan fingerprint density at radius 3 is 2.11 bits per heavy atom. The number of benzene rings is 2. The number of hydrogen-bond donors (Lipinski definition) is 2. The summed E-state index contributed by atoms with van der Waals surface area (Å²) in [6.07, 6.45) is 0. The number of para-hydroxylation sites is 1. The van der Waals surface area contributed by atoms with Crippen LogP contribution < -0.4 is 15.8 Å². The normalized spacial score (nSPS) is 12.1. The molecule has 0 aliphatic rings. The van der Waals surface area contributed by atoms with Crippen molar-refractivity contribution in [1.82, 2.24) is 5.32 Å². The highest BCUT2D eigenvalue weighted by atomic mass is 16.5. The van der Waals surface area contributed by atoms with Crippen molar-refractivity contribution in [3.05, 3.63) is 65.2 Å². The summed E-state index contributed by atoms with van der Waals surface area (Å²) in [5.41, 5.74) is 7.91. The fourth-order valence-corrected chi connectivity index (χ4v) is 2.88. The molecule has 0 spiro atoms. The second-order valence-electron chi connectivity index (χ2n) is 7.26. The number of nitrogens with one attached hydrogen (secondary N) is 1. The Balaban J connectivity index is 2.04. The molecular weight excluding hydrogens is 340 g/mol. The van der Waals surface area contributed by atoms with E-state index in [0.717, 1.165) is 5.56 Å². The third kappa shape index (κ3) is 5.58. The van der Waals surface area contributed by atoms with Gasteiger partial charge in [0.2, 0.25) is 0 Å². The molecule has 144 valence electrons. The largest absolute Gasteiger partial charge is 0.483 e. The van der Waals surface area contributed by atoms with Crippen molar-refractivity contribution >= 4 is 11.8 Å². The van der Waals surface area contributed by atoms with Crippen molar-refractivity contribution in [2.75, 3.05) is 6.61 Å². The number of carbonyl (C=O) groups is 2. The molecule has 2 rings (SSSR count). The molecule has 27 heavy (non-hydrogen) atoms. The van der Waals surface area contributed by atoms with Gasteiger partial charge in [-0.2, -0.15) is 0 Å². The van der Waals surface area contributed by atoms with Crippen LogP contribution in [0.25, 0.3) is 0 Å². The van der Waals surface area contributed by atoms with Gasteiger partial charge in [0, 0.05) is 0 Å². The van der Waals surface area contributed by atoms with E-state index in [2.05, 4.69) is 57.3 Å². The summed E-state index contributed by atoms with van der Waals surface area (Å²) < 4.78 is 5.51. The van der Waals surface area contributed by atoms with Gasteiger partial charge in [-0.15, -0.1) is 0 Å². The Kier molecular flexibility index (Phi) is 6.99. The number of ether oxygens (including phenoxy) is 1. The number of amides is 2. The van der Waals surface area contributed by atoms with E-state index in [1.807, 2.05) is 0 Å². The Morgan fingerprint density at radius 1 is 0.963 bits per heavy atom. The van der Waals surface area contributed by atoms with Crippen LogP contribution in [-0.2, 0) is 4.79 Å². The maximum Gasteiger partial charge on any atom is 0.258 e. The number of primary amides is 1. The fraction of sp³-hybridized carbons (Fsp3) is 0.364. The maximum absolute atomic E-state index is 12.4. The van der Waals surface area contributed by atoms with Crippen LogP contribution in [0.2, 0.25) is 0 Å². The number of nitrogens with two attached hydrogens (primary N) is 1. The Bertz CT molecular complexity index is 782. The van der Waals surface area contributed by atoms with Crippen LogP contribution in [0.15, 0.2) is 48.5 Å². The monoisotopic (exact) mass is 368 g/mol. The van der Waals surface area contributed by atoms with E-state index < -0.39 is 5.91 Å². The molecule has 0 saturated heterocycles. The van der Waals surface area contributed by atoms with E-state index in [-0.39, 0.29) is 30.0 Å². The zero-order valence-corrected chi connectivity index (χ0v) is 16.4. The number of hydrogen-bond acceptors (Lipinski definition) is 3. The molecule has 5 nitrogen and oxygen atoms in total. The lowest BCUT2D eigenvalue weighted by atomic mass is 9.93. The van der Waals surface area contributed by atoms with Crippen LogP contribution >= 0.6 is 0 Å². The minimum Gasteiger partial charge on any atom is -0.483 e. The maximum atomic E-state index is 12.4. The summed E-state index contributed by atoms with van der Waals surface area (Å²) in [7, 11) is 0. The van der Waals surface area contributed by atoms with Crippen molar-refractivity contribution in [3.8, 4) is 5.75 Å². The van der Waals surface area contributed by atoms with Gasteiger partial charge in [0.15, 0.2) is 6.61 Å². The van der Waals surface area contributed by atoms with Crippen LogP contribution in [0.1, 0.15) is 61.1 Å². The van der Waals surface area contributed by atoms with Gasteiger partial charge >= 0.3 is 0 Å². The molecule has 5 heteroatoms. The lowest BCUT2D eigenvalue weighted by Gasteiger charge is -2.23. The minimum absolute atomic E-state index is 0.117. The molecule has 3 N–H and O–H groups in total. The van der Waals surface area contributed by atoms with E-state index in [9.17, 15) is 9.59 Å². The van der Waals surface area contributed by atoms with Gasteiger partial charge in [0.25, 0.3) is 11.8 Å². The van der Waals surface area contributed by atoms with E-state index in [1.165, 1.54) is 5.56 Å². The van der Waals surface area contributed by atoms with Gasteiger partial charge in [-0.05, 0) is 35.1 Å². The first-order valence-corrected chi connectivity index (χ1v) is 9.20. The summed E-state index contributed by atoms with van der Waals surface area (Å²) in [5, 5.41) is 3.02. The average Bonchev–Trinajstić information content (AvgIpc) is 2.64. The van der Waals surface area contributed by atoms with Crippen molar-refractivity contribution in [3.63, 3.8) is 0 Å². The topological polar surface area (TPSA) is 81.4 Å². The van der Waals surface area contributed by atoms with Crippen LogP contribution in [0, 0.1) is 5.92 Å². The first-order valence-electron chi connectivity index (χ1n) is 9.20. The Morgan fingerprint density at radius 2 is 1.56 bits per heavy atom. The van der Waals surface area contributed by atoms with E-state index >= 15 is 0 Å². The second kappa shape index (κ2) is 9.21. The van der Waals surface area contributed by atoms with Gasteiger partial charge in [-0.25, -0.2) is 0 Å². The first kappa shape index (κ1) is 20.5. The molecule has 0 aliphatic carbocycles. The third-order valence-electron chi connectivity index (χ3n) is 4.46. The molecule has 2 aromatic rings. The highest BCUT2D eigenvalue weighted by Crippen LogP contribution is 2.24. The summed E-state index contributed by atoms with van der Waals surface area (Å²) in [6, 6.07) is 14.8.